The zero-order chi connectivity index (χ0) is 33.8. The summed E-state index contributed by atoms with van der Waals surface area (Å²) in [6.07, 6.45) is 5.76. The molecule has 3 heterocycles. The van der Waals surface area contributed by atoms with E-state index in [2.05, 4.69) is 32.4 Å². The van der Waals surface area contributed by atoms with Gasteiger partial charge in [0.05, 0.1) is 29.6 Å². The van der Waals surface area contributed by atoms with E-state index in [1.165, 1.54) is 7.11 Å². The van der Waals surface area contributed by atoms with Crippen molar-refractivity contribution in [1.29, 1.82) is 0 Å². The van der Waals surface area contributed by atoms with E-state index in [4.69, 9.17) is 44.5 Å². The molecule has 3 aromatic rings. The first-order valence-electron chi connectivity index (χ1n) is 16.6. The summed E-state index contributed by atoms with van der Waals surface area (Å²) in [6, 6.07) is 14.0. The number of hydrogen-bond donors (Lipinski definition) is 2. The monoisotopic (exact) mass is 713 g/mol. The van der Waals surface area contributed by atoms with Crippen LogP contribution >= 0.6 is 34.8 Å². The van der Waals surface area contributed by atoms with Crippen LogP contribution in [0.1, 0.15) is 53.9 Å². The van der Waals surface area contributed by atoms with Crippen LogP contribution in [-0.2, 0) is 22.5 Å². The topological polar surface area (TPSA) is 96.0 Å². The van der Waals surface area contributed by atoms with Crippen molar-refractivity contribution in [3.05, 3.63) is 86.0 Å². The Morgan fingerprint density at radius 1 is 1.04 bits per heavy atom. The third-order valence-electron chi connectivity index (χ3n) is 9.48. The molecule has 3 atom stereocenters. The van der Waals surface area contributed by atoms with Gasteiger partial charge in [0.1, 0.15) is 11.9 Å². The number of hydrogen-bond acceptors (Lipinski definition) is 7. The van der Waals surface area contributed by atoms with Crippen molar-refractivity contribution in [3.63, 3.8) is 0 Å². The number of amides is 2. The molecule has 1 saturated carbocycles. The van der Waals surface area contributed by atoms with Crippen LogP contribution in [0.2, 0.25) is 15.1 Å². The van der Waals surface area contributed by atoms with E-state index in [1.54, 1.807) is 0 Å². The van der Waals surface area contributed by atoms with Crippen molar-refractivity contribution in [1.82, 2.24) is 20.5 Å². The van der Waals surface area contributed by atoms with Gasteiger partial charge in [-0.2, -0.15) is 0 Å². The van der Waals surface area contributed by atoms with Crippen LogP contribution in [0.5, 0.6) is 5.75 Å². The lowest BCUT2D eigenvalue weighted by molar-refractivity contribution is -0.138. The molecule has 2 saturated heterocycles. The first-order chi connectivity index (χ1) is 23.2. The number of methoxy groups -OCH3 is 1. The van der Waals surface area contributed by atoms with E-state index in [-0.39, 0.29) is 29.9 Å². The number of ether oxygens (including phenoxy) is 2. The van der Waals surface area contributed by atoms with Gasteiger partial charge in [-0.15, -0.1) is 0 Å². The molecule has 2 aliphatic heterocycles. The maximum absolute atomic E-state index is 14.3. The smallest absolute Gasteiger partial charge is 0.406 e. The number of anilines is 1. The third kappa shape index (κ3) is 8.30. The number of nitrogens with zero attached hydrogens (tertiary/aromatic N) is 3. The van der Waals surface area contributed by atoms with Crippen molar-refractivity contribution in [3.8, 4) is 5.75 Å². The van der Waals surface area contributed by atoms with E-state index in [0.29, 0.717) is 53.4 Å². The fourth-order valence-electron chi connectivity index (χ4n) is 6.77. The fraction of sp³-hybridized carbons (Fsp3) is 0.472. The largest absolute Gasteiger partial charge is 0.485 e. The van der Waals surface area contributed by atoms with Gasteiger partial charge in [0.15, 0.2) is 5.75 Å². The molecule has 12 heteroatoms. The predicted molar refractivity (Wildman–Crippen MR) is 190 cm³/mol. The molecule has 2 amide bonds. The molecule has 3 aliphatic rings. The highest BCUT2D eigenvalue weighted by Crippen LogP contribution is 2.38. The number of carbonyl (C=O) groups excluding carboxylic acids is 2. The maximum Gasteiger partial charge on any atom is 0.406 e. The molecular weight excluding hydrogens is 673 g/mol. The molecule has 0 bridgehead atoms. The van der Waals surface area contributed by atoms with Crippen molar-refractivity contribution in [2.45, 2.75) is 63.6 Å². The van der Waals surface area contributed by atoms with Crippen LogP contribution in [0.3, 0.4) is 0 Å². The van der Waals surface area contributed by atoms with Gasteiger partial charge in [-0.25, -0.2) is 9.78 Å². The average Bonchev–Trinajstić information content (AvgIpc) is 3.82. The molecule has 48 heavy (non-hydrogen) atoms. The summed E-state index contributed by atoms with van der Waals surface area (Å²) < 4.78 is 10.9. The number of piperidine rings is 1. The molecule has 0 radical (unpaired) electrons. The second-order valence-electron chi connectivity index (χ2n) is 13.0. The minimum atomic E-state index is -0.458. The number of halogens is 3. The molecular formula is C36H42Cl3N5O4. The Morgan fingerprint density at radius 3 is 2.54 bits per heavy atom. The second kappa shape index (κ2) is 15.5. The lowest BCUT2D eigenvalue weighted by atomic mass is 9.80. The normalized spacial score (nSPS) is 20.8. The first kappa shape index (κ1) is 34.6. The number of aryl methyl sites for hydroxylation is 1. The van der Waals surface area contributed by atoms with Gasteiger partial charge in [-0.3, -0.25) is 4.79 Å². The summed E-state index contributed by atoms with van der Waals surface area (Å²) in [5.41, 5.74) is 4.03. The molecule has 0 unspecified atom stereocenters. The lowest BCUT2D eigenvalue weighted by Gasteiger charge is -2.36. The Bertz CT molecular complexity index is 1600. The van der Waals surface area contributed by atoms with E-state index < -0.39 is 6.09 Å². The molecule has 256 valence electrons. The lowest BCUT2D eigenvalue weighted by Crippen LogP contribution is -2.47. The Kier molecular flexibility index (Phi) is 11.2. The maximum atomic E-state index is 14.3. The minimum absolute atomic E-state index is 0.0465. The van der Waals surface area contributed by atoms with Gasteiger partial charge in [-0.05, 0) is 91.6 Å². The van der Waals surface area contributed by atoms with Gasteiger partial charge < -0.3 is 29.9 Å². The van der Waals surface area contributed by atoms with Crippen LogP contribution in [-0.4, -0.2) is 73.9 Å². The summed E-state index contributed by atoms with van der Waals surface area (Å²) in [5.74, 6) is 1.43. The van der Waals surface area contributed by atoms with Gasteiger partial charge >= 0.3 is 6.09 Å². The second-order valence-corrected chi connectivity index (χ2v) is 14.2. The molecule has 2 aromatic carbocycles. The number of aromatic nitrogens is 1. The number of carbonyl (C=O) groups is 2. The van der Waals surface area contributed by atoms with E-state index >= 15 is 0 Å². The Balaban J connectivity index is 1.11. The van der Waals surface area contributed by atoms with Crippen LogP contribution in [0.4, 0.5) is 10.6 Å². The number of nitrogens with one attached hydrogen (secondary N) is 2. The summed E-state index contributed by atoms with van der Waals surface area (Å²) in [4.78, 5) is 34.9. The summed E-state index contributed by atoms with van der Waals surface area (Å²) in [6.45, 7) is 5.83. The Morgan fingerprint density at radius 2 is 1.83 bits per heavy atom. The van der Waals surface area contributed by atoms with Crippen molar-refractivity contribution in [2.75, 3.05) is 44.7 Å². The molecule has 2 N–H and O–H groups in total. The van der Waals surface area contributed by atoms with Crippen molar-refractivity contribution < 1.29 is 19.1 Å². The molecule has 6 rings (SSSR count). The van der Waals surface area contributed by atoms with Crippen LogP contribution in [0.15, 0.2) is 48.7 Å². The standard InChI is InChI=1S/C36H42Cl3N5O4/c1-22-15-31(38)34(32(39)16-22)48-27-11-14-43(21-27)33-8-4-24(18-42-33)28-10-12-40-19-29(28)35(45)44(26-5-6-26)20-25-17-23(3-7-30(25)37)9-13-41-36(46)47-2/h3-4,7-8,15-18,26-29,40H,5-6,9-14,19-21H2,1-2H3,(H,41,46)/t27-,28-,29+/m1/s1. The van der Waals surface area contributed by atoms with Crippen LogP contribution in [0, 0.1) is 12.8 Å². The summed E-state index contributed by atoms with van der Waals surface area (Å²) >= 11 is 19.5. The molecule has 1 aliphatic carbocycles. The van der Waals surface area contributed by atoms with Crippen LogP contribution < -0.4 is 20.3 Å². The van der Waals surface area contributed by atoms with Crippen molar-refractivity contribution >= 4 is 52.6 Å². The van der Waals surface area contributed by atoms with Gasteiger partial charge in [0, 0.05) is 49.9 Å². The number of pyridine rings is 1. The predicted octanol–water partition coefficient (Wildman–Crippen LogP) is 6.79. The molecule has 9 nitrogen and oxygen atoms in total. The Labute approximate surface area is 297 Å². The van der Waals surface area contributed by atoms with Crippen molar-refractivity contribution in [2.24, 2.45) is 5.92 Å². The fourth-order valence-corrected chi connectivity index (χ4v) is 7.64. The minimum Gasteiger partial charge on any atom is -0.485 e. The molecule has 1 aromatic heterocycles. The number of alkyl carbamates (subject to hydrolysis) is 1. The summed E-state index contributed by atoms with van der Waals surface area (Å²) in [5, 5.41) is 7.86. The summed E-state index contributed by atoms with van der Waals surface area (Å²) in [7, 11) is 1.35. The highest BCUT2D eigenvalue weighted by molar-refractivity contribution is 6.37. The SMILES string of the molecule is COC(=O)NCCc1ccc(Cl)c(CN(C(=O)[C@H]2CNCC[C@@H]2c2ccc(N3CC[C@@H](Oc4c(Cl)cc(C)cc4Cl)C3)nc2)C2CC2)c1. The van der Waals surface area contributed by atoms with Gasteiger partial charge in [0.2, 0.25) is 5.91 Å². The average molecular weight is 715 g/mol. The third-order valence-corrected chi connectivity index (χ3v) is 10.4. The van der Waals surface area contributed by atoms with Crippen LogP contribution in [0.25, 0.3) is 0 Å². The zero-order valence-electron chi connectivity index (χ0n) is 27.3. The van der Waals surface area contributed by atoms with Gasteiger partial charge in [0.25, 0.3) is 0 Å². The van der Waals surface area contributed by atoms with E-state index in [9.17, 15) is 9.59 Å². The highest BCUT2D eigenvalue weighted by atomic mass is 35.5. The highest BCUT2D eigenvalue weighted by Gasteiger charge is 2.40. The molecule has 0 spiro atoms. The zero-order valence-corrected chi connectivity index (χ0v) is 29.6. The molecule has 3 fully saturated rings. The number of rotatable bonds is 11. The number of benzene rings is 2. The van der Waals surface area contributed by atoms with E-state index in [1.807, 2.05) is 48.4 Å². The quantitative estimate of drug-likeness (QED) is 0.226. The Hall–Kier alpha value is -3.24. The van der Waals surface area contributed by atoms with E-state index in [0.717, 1.165) is 66.8 Å². The van der Waals surface area contributed by atoms with Gasteiger partial charge in [-0.1, -0.05) is 53.0 Å². The first-order valence-corrected chi connectivity index (χ1v) is 17.8.